The molecule has 0 saturated carbocycles. The summed E-state index contributed by atoms with van der Waals surface area (Å²) in [6, 6.07) is 4.17. The molecule has 0 aliphatic carbocycles. The van der Waals surface area contributed by atoms with Crippen molar-refractivity contribution in [2.75, 3.05) is 34.2 Å². The molecule has 126 valence electrons. The zero-order valence-electron chi connectivity index (χ0n) is 14.6. The molecular formula is C17H26N4O2. The van der Waals surface area contributed by atoms with Crippen molar-refractivity contribution >= 4 is 16.9 Å². The fraction of sp³-hybridized carbons (Fsp3) is 0.529. The first-order valence-electron chi connectivity index (χ1n) is 7.76. The number of hydrogen-bond acceptors (Lipinski definition) is 4. The summed E-state index contributed by atoms with van der Waals surface area (Å²) in [5.41, 5.74) is 4.39. The number of amides is 1. The molecule has 0 aliphatic rings. The number of imidazole rings is 1. The minimum Gasteiger partial charge on any atom is -0.390 e. The van der Waals surface area contributed by atoms with E-state index < -0.39 is 6.10 Å². The van der Waals surface area contributed by atoms with Gasteiger partial charge < -0.3 is 14.6 Å². The van der Waals surface area contributed by atoms with Gasteiger partial charge in [0, 0.05) is 20.6 Å². The number of rotatable bonds is 6. The summed E-state index contributed by atoms with van der Waals surface area (Å²) in [5.74, 6) is 0.0267. The molecule has 1 unspecified atom stereocenters. The van der Waals surface area contributed by atoms with Crippen molar-refractivity contribution in [1.29, 1.82) is 0 Å². The molecule has 1 aromatic heterocycles. The molecule has 1 N–H and O–H groups in total. The average molecular weight is 318 g/mol. The van der Waals surface area contributed by atoms with Gasteiger partial charge in [-0.2, -0.15) is 0 Å². The number of aliphatic hydroxyl groups excluding tert-OH is 1. The maximum absolute atomic E-state index is 11.7. The van der Waals surface area contributed by atoms with Gasteiger partial charge in [-0.3, -0.25) is 9.69 Å². The van der Waals surface area contributed by atoms with Crippen LogP contribution in [0.1, 0.15) is 11.1 Å². The molecule has 0 radical (unpaired) electrons. The van der Waals surface area contributed by atoms with Crippen molar-refractivity contribution in [3.05, 3.63) is 29.6 Å². The van der Waals surface area contributed by atoms with Gasteiger partial charge in [0.15, 0.2) is 0 Å². The zero-order chi connectivity index (χ0) is 17.1. The van der Waals surface area contributed by atoms with Crippen LogP contribution in [0.4, 0.5) is 0 Å². The van der Waals surface area contributed by atoms with Crippen molar-refractivity contribution in [2.45, 2.75) is 26.5 Å². The lowest BCUT2D eigenvalue weighted by atomic mass is 10.1. The highest BCUT2D eigenvalue weighted by Gasteiger charge is 2.14. The Morgan fingerprint density at radius 3 is 2.57 bits per heavy atom. The van der Waals surface area contributed by atoms with E-state index in [4.69, 9.17) is 0 Å². The van der Waals surface area contributed by atoms with Crippen LogP contribution in [0, 0.1) is 13.8 Å². The van der Waals surface area contributed by atoms with Gasteiger partial charge in [-0.15, -0.1) is 0 Å². The van der Waals surface area contributed by atoms with Gasteiger partial charge in [0.05, 0.1) is 36.6 Å². The van der Waals surface area contributed by atoms with Gasteiger partial charge in [0.1, 0.15) is 0 Å². The molecular weight excluding hydrogens is 292 g/mol. The molecule has 0 bridgehead atoms. The Morgan fingerprint density at radius 2 is 1.91 bits per heavy atom. The van der Waals surface area contributed by atoms with Gasteiger partial charge in [0.2, 0.25) is 5.91 Å². The van der Waals surface area contributed by atoms with Crippen molar-refractivity contribution < 1.29 is 9.90 Å². The van der Waals surface area contributed by atoms with Crippen molar-refractivity contribution in [1.82, 2.24) is 19.4 Å². The van der Waals surface area contributed by atoms with E-state index in [1.54, 1.807) is 25.3 Å². The molecule has 1 heterocycles. The van der Waals surface area contributed by atoms with Gasteiger partial charge in [-0.05, 0) is 44.2 Å². The zero-order valence-corrected chi connectivity index (χ0v) is 14.6. The van der Waals surface area contributed by atoms with Crippen LogP contribution in [-0.2, 0) is 11.3 Å². The fourth-order valence-electron chi connectivity index (χ4n) is 2.54. The number of fused-ring (bicyclic) bond motifs is 1. The van der Waals surface area contributed by atoms with Crippen LogP contribution in [0.3, 0.4) is 0 Å². The number of nitrogens with zero attached hydrogens (tertiary/aromatic N) is 4. The number of benzene rings is 1. The SMILES string of the molecule is Cc1cc2ncn(CC(O)CN(C)CC(=O)N(C)C)c2cc1C. The molecule has 1 amide bonds. The molecule has 0 saturated heterocycles. The van der Waals surface area contributed by atoms with Crippen LogP contribution in [0.5, 0.6) is 0 Å². The summed E-state index contributed by atoms with van der Waals surface area (Å²) < 4.78 is 1.97. The summed E-state index contributed by atoms with van der Waals surface area (Å²) in [5, 5.41) is 10.3. The molecule has 6 heteroatoms. The van der Waals surface area contributed by atoms with E-state index in [2.05, 4.69) is 31.0 Å². The molecule has 1 aromatic carbocycles. The largest absolute Gasteiger partial charge is 0.390 e. The maximum Gasteiger partial charge on any atom is 0.236 e. The lowest BCUT2D eigenvalue weighted by molar-refractivity contribution is -0.129. The van der Waals surface area contributed by atoms with Crippen LogP contribution in [0.15, 0.2) is 18.5 Å². The monoisotopic (exact) mass is 318 g/mol. The van der Waals surface area contributed by atoms with Gasteiger partial charge in [0.25, 0.3) is 0 Å². The summed E-state index contributed by atoms with van der Waals surface area (Å²) in [6.07, 6.45) is 1.20. The first-order chi connectivity index (χ1) is 10.8. The van der Waals surface area contributed by atoms with Crippen LogP contribution >= 0.6 is 0 Å². The quantitative estimate of drug-likeness (QED) is 0.864. The van der Waals surface area contributed by atoms with E-state index in [-0.39, 0.29) is 5.91 Å². The molecule has 6 nitrogen and oxygen atoms in total. The summed E-state index contributed by atoms with van der Waals surface area (Å²) in [4.78, 5) is 19.5. The van der Waals surface area contributed by atoms with Gasteiger partial charge in [-0.1, -0.05) is 0 Å². The average Bonchev–Trinajstić information content (AvgIpc) is 2.81. The number of aromatic nitrogens is 2. The van der Waals surface area contributed by atoms with E-state index in [0.717, 1.165) is 11.0 Å². The van der Waals surface area contributed by atoms with Crippen LogP contribution < -0.4 is 0 Å². The Balaban J connectivity index is 2.02. The number of aryl methyl sites for hydroxylation is 2. The Bertz CT molecular complexity index is 693. The van der Waals surface area contributed by atoms with Crippen molar-refractivity contribution in [2.24, 2.45) is 0 Å². The maximum atomic E-state index is 11.7. The number of likely N-dealkylation sites (N-methyl/N-ethyl adjacent to an activating group) is 2. The number of carbonyl (C=O) groups is 1. The molecule has 1 atom stereocenters. The van der Waals surface area contributed by atoms with Crippen molar-refractivity contribution in [3.63, 3.8) is 0 Å². The lowest BCUT2D eigenvalue weighted by Gasteiger charge is -2.22. The second-order valence-corrected chi connectivity index (χ2v) is 6.46. The standard InChI is InChI=1S/C17H26N4O2/c1-12-6-15-16(7-13(12)2)21(11-18-15)9-14(22)8-20(5)10-17(23)19(3)4/h6-7,11,14,22H,8-10H2,1-5H3. The summed E-state index contributed by atoms with van der Waals surface area (Å²) >= 11 is 0. The Morgan fingerprint density at radius 1 is 1.26 bits per heavy atom. The first kappa shape index (κ1) is 17.4. The third-order valence-electron chi connectivity index (χ3n) is 4.07. The second-order valence-electron chi connectivity index (χ2n) is 6.46. The highest BCUT2D eigenvalue weighted by molar-refractivity contribution is 5.78. The highest BCUT2D eigenvalue weighted by Crippen LogP contribution is 2.18. The van der Waals surface area contributed by atoms with Gasteiger partial charge in [-0.25, -0.2) is 4.98 Å². The van der Waals surface area contributed by atoms with E-state index in [9.17, 15) is 9.90 Å². The third-order valence-corrected chi connectivity index (χ3v) is 4.07. The number of hydrogen-bond donors (Lipinski definition) is 1. The molecule has 2 aromatic rings. The molecule has 0 fully saturated rings. The summed E-state index contributed by atoms with van der Waals surface area (Å²) in [6.45, 7) is 5.33. The van der Waals surface area contributed by atoms with Crippen LogP contribution in [0.25, 0.3) is 11.0 Å². The third kappa shape index (κ3) is 4.30. The molecule has 23 heavy (non-hydrogen) atoms. The topological polar surface area (TPSA) is 61.6 Å². The highest BCUT2D eigenvalue weighted by atomic mass is 16.3. The van der Waals surface area contributed by atoms with Crippen LogP contribution in [0.2, 0.25) is 0 Å². The second kappa shape index (κ2) is 7.10. The van der Waals surface area contributed by atoms with E-state index >= 15 is 0 Å². The molecule has 2 rings (SSSR count). The lowest BCUT2D eigenvalue weighted by Crippen LogP contribution is -2.39. The smallest absolute Gasteiger partial charge is 0.236 e. The Hall–Kier alpha value is -1.92. The van der Waals surface area contributed by atoms with Crippen molar-refractivity contribution in [3.8, 4) is 0 Å². The predicted octanol–water partition coefficient (Wildman–Crippen LogP) is 1.03. The van der Waals surface area contributed by atoms with E-state index in [0.29, 0.717) is 19.6 Å². The van der Waals surface area contributed by atoms with Crippen LogP contribution in [-0.4, -0.2) is 70.7 Å². The van der Waals surface area contributed by atoms with E-state index in [1.165, 1.54) is 11.1 Å². The minimum atomic E-state index is -0.561. The fourth-order valence-corrected chi connectivity index (χ4v) is 2.54. The molecule has 0 spiro atoms. The molecule has 0 aliphatic heterocycles. The van der Waals surface area contributed by atoms with E-state index in [1.807, 2.05) is 16.5 Å². The Kier molecular flexibility index (Phi) is 5.38. The number of aliphatic hydroxyl groups is 1. The number of carbonyl (C=O) groups excluding carboxylic acids is 1. The Labute approximate surface area is 137 Å². The predicted molar refractivity (Wildman–Crippen MR) is 91.4 cm³/mol. The van der Waals surface area contributed by atoms with Gasteiger partial charge >= 0.3 is 0 Å². The summed E-state index contributed by atoms with van der Waals surface area (Å²) in [7, 11) is 5.30. The normalized spacial score (nSPS) is 12.8. The first-order valence-corrected chi connectivity index (χ1v) is 7.76. The minimum absolute atomic E-state index is 0.0267.